The molecule has 0 spiro atoms. The zero-order chi connectivity index (χ0) is 21.3. The van der Waals surface area contributed by atoms with Gasteiger partial charge >= 0.3 is 0 Å². The Morgan fingerprint density at radius 2 is 1.40 bits per heavy atom. The summed E-state index contributed by atoms with van der Waals surface area (Å²) in [5, 5.41) is 1.51. The molecule has 152 valence electrons. The fourth-order valence-electron chi connectivity index (χ4n) is 3.36. The monoisotopic (exact) mass is 435 g/mol. The van der Waals surface area contributed by atoms with Gasteiger partial charge in [0.2, 0.25) is 0 Å². The van der Waals surface area contributed by atoms with Crippen molar-refractivity contribution in [3.8, 4) is 0 Å². The van der Waals surface area contributed by atoms with Gasteiger partial charge in [-0.2, -0.15) is 0 Å². The molecule has 4 rings (SSSR count). The van der Waals surface area contributed by atoms with E-state index in [1.807, 2.05) is 43.3 Å². The standard InChI is InChI=1S/C24H21NO3S2/c1-18-14-16-20(17-15-18)29(26)23-12-6-5-11-22(23)25(2)30(27,28)24-13-7-9-19-8-3-4-10-21(19)24/h3-17H,1-2H3. The minimum Gasteiger partial charge on any atom is -0.268 e. The fraction of sp³-hybridized carbons (Fsp3) is 0.0833. The van der Waals surface area contributed by atoms with Gasteiger partial charge in [0.25, 0.3) is 10.0 Å². The zero-order valence-corrected chi connectivity index (χ0v) is 18.3. The van der Waals surface area contributed by atoms with E-state index in [2.05, 4.69) is 0 Å². The Balaban J connectivity index is 1.81. The Labute approximate surface area is 179 Å². The van der Waals surface area contributed by atoms with Crippen molar-refractivity contribution in [2.75, 3.05) is 11.4 Å². The first-order chi connectivity index (χ1) is 14.4. The van der Waals surface area contributed by atoms with Crippen molar-refractivity contribution in [2.24, 2.45) is 0 Å². The molecule has 0 radical (unpaired) electrons. The van der Waals surface area contributed by atoms with E-state index in [0.29, 0.717) is 20.9 Å². The summed E-state index contributed by atoms with van der Waals surface area (Å²) >= 11 is 0. The van der Waals surface area contributed by atoms with Gasteiger partial charge in [-0.15, -0.1) is 0 Å². The Kier molecular flexibility index (Phi) is 5.45. The molecule has 0 heterocycles. The predicted molar refractivity (Wildman–Crippen MR) is 122 cm³/mol. The highest BCUT2D eigenvalue weighted by Crippen LogP contribution is 2.32. The number of hydrogen-bond donors (Lipinski definition) is 0. The van der Waals surface area contributed by atoms with Crippen LogP contribution in [0.2, 0.25) is 0 Å². The number of benzene rings is 4. The maximum Gasteiger partial charge on any atom is 0.264 e. The molecule has 0 fully saturated rings. The lowest BCUT2D eigenvalue weighted by molar-refractivity contribution is 0.595. The van der Waals surface area contributed by atoms with Gasteiger partial charge in [0.1, 0.15) is 0 Å². The quantitative estimate of drug-likeness (QED) is 0.436. The van der Waals surface area contributed by atoms with E-state index < -0.39 is 20.8 Å². The number of aryl methyl sites for hydroxylation is 1. The lowest BCUT2D eigenvalue weighted by atomic mass is 10.1. The second-order valence-corrected chi connectivity index (χ2v) is 10.4. The van der Waals surface area contributed by atoms with Crippen LogP contribution in [-0.2, 0) is 20.8 Å². The van der Waals surface area contributed by atoms with Gasteiger partial charge in [-0.25, -0.2) is 12.6 Å². The highest BCUT2D eigenvalue weighted by molar-refractivity contribution is 7.93. The maximum atomic E-state index is 13.5. The molecular formula is C24H21NO3S2. The third-order valence-corrected chi connectivity index (χ3v) is 8.30. The highest BCUT2D eigenvalue weighted by Gasteiger charge is 2.26. The lowest BCUT2D eigenvalue weighted by Crippen LogP contribution is -2.27. The van der Waals surface area contributed by atoms with Crippen LogP contribution in [0.4, 0.5) is 5.69 Å². The predicted octanol–water partition coefficient (Wildman–Crippen LogP) is 5.14. The summed E-state index contributed by atoms with van der Waals surface area (Å²) < 4.78 is 41.5. The average molecular weight is 436 g/mol. The van der Waals surface area contributed by atoms with Gasteiger partial charge in [-0.3, -0.25) is 4.31 Å². The summed E-state index contributed by atoms with van der Waals surface area (Å²) in [6.07, 6.45) is 0. The molecule has 0 saturated heterocycles. The molecule has 4 nitrogen and oxygen atoms in total. The van der Waals surface area contributed by atoms with Crippen LogP contribution in [0.1, 0.15) is 5.56 Å². The van der Waals surface area contributed by atoms with Crippen molar-refractivity contribution in [1.82, 2.24) is 0 Å². The fourth-order valence-corrected chi connectivity index (χ4v) is 6.08. The third kappa shape index (κ3) is 3.64. The third-order valence-electron chi connectivity index (χ3n) is 5.03. The second kappa shape index (κ2) is 8.05. The number of hydrogen-bond acceptors (Lipinski definition) is 3. The smallest absolute Gasteiger partial charge is 0.264 e. The van der Waals surface area contributed by atoms with Crippen LogP contribution < -0.4 is 4.31 Å². The van der Waals surface area contributed by atoms with Gasteiger partial charge in [-0.05, 0) is 42.6 Å². The van der Waals surface area contributed by atoms with Crippen LogP contribution in [-0.4, -0.2) is 19.7 Å². The van der Waals surface area contributed by atoms with E-state index in [9.17, 15) is 12.6 Å². The largest absolute Gasteiger partial charge is 0.268 e. The van der Waals surface area contributed by atoms with Crippen molar-refractivity contribution < 1.29 is 12.6 Å². The number of para-hydroxylation sites is 1. The van der Waals surface area contributed by atoms with Crippen molar-refractivity contribution in [3.63, 3.8) is 0 Å². The second-order valence-electron chi connectivity index (χ2n) is 7.00. The number of sulfonamides is 1. The number of rotatable bonds is 5. The topological polar surface area (TPSA) is 54.5 Å². The van der Waals surface area contributed by atoms with Gasteiger partial charge in [0.05, 0.1) is 26.3 Å². The molecule has 30 heavy (non-hydrogen) atoms. The van der Waals surface area contributed by atoms with Crippen LogP contribution in [0, 0.1) is 6.92 Å². The summed E-state index contributed by atoms with van der Waals surface area (Å²) in [5.74, 6) is 0. The summed E-state index contributed by atoms with van der Waals surface area (Å²) in [4.78, 5) is 1.30. The number of anilines is 1. The molecule has 0 aliphatic heterocycles. The summed E-state index contributed by atoms with van der Waals surface area (Å²) in [6.45, 7) is 1.96. The molecule has 0 aliphatic rings. The first-order valence-corrected chi connectivity index (χ1v) is 12.0. The molecule has 0 aliphatic carbocycles. The molecule has 4 aromatic rings. The zero-order valence-electron chi connectivity index (χ0n) is 16.6. The van der Waals surface area contributed by atoms with Gasteiger partial charge in [0, 0.05) is 17.3 Å². The Hall–Kier alpha value is -2.96. The summed E-state index contributed by atoms with van der Waals surface area (Å²) in [6, 6.07) is 26.9. The summed E-state index contributed by atoms with van der Waals surface area (Å²) in [5.41, 5.74) is 1.46. The molecule has 1 atom stereocenters. The van der Waals surface area contributed by atoms with E-state index in [1.165, 1.54) is 11.4 Å². The molecule has 0 bridgehead atoms. The molecule has 0 N–H and O–H groups in total. The van der Waals surface area contributed by atoms with Crippen molar-refractivity contribution in [1.29, 1.82) is 0 Å². The first kappa shape index (κ1) is 20.3. The van der Waals surface area contributed by atoms with Gasteiger partial charge < -0.3 is 0 Å². The van der Waals surface area contributed by atoms with E-state index >= 15 is 0 Å². The van der Waals surface area contributed by atoms with Gasteiger partial charge in [0.15, 0.2) is 0 Å². The average Bonchev–Trinajstić information content (AvgIpc) is 2.78. The Morgan fingerprint density at radius 1 is 0.767 bits per heavy atom. The maximum absolute atomic E-state index is 13.5. The molecule has 0 aromatic heterocycles. The molecule has 4 aromatic carbocycles. The Bertz CT molecular complexity index is 1340. The molecular weight excluding hydrogens is 414 g/mol. The van der Waals surface area contributed by atoms with E-state index in [-0.39, 0.29) is 4.90 Å². The van der Waals surface area contributed by atoms with Crippen molar-refractivity contribution in [3.05, 3.63) is 96.6 Å². The minimum absolute atomic E-state index is 0.221. The first-order valence-electron chi connectivity index (χ1n) is 9.44. The lowest BCUT2D eigenvalue weighted by Gasteiger charge is -2.23. The van der Waals surface area contributed by atoms with Gasteiger partial charge in [-0.1, -0.05) is 66.2 Å². The van der Waals surface area contributed by atoms with E-state index in [1.54, 1.807) is 54.6 Å². The number of nitrogens with zero attached hydrogens (tertiary/aromatic N) is 1. The molecule has 0 amide bonds. The van der Waals surface area contributed by atoms with Crippen LogP contribution in [0.15, 0.2) is 106 Å². The minimum atomic E-state index is -3.86. The molecule has 1 unspecified atom stereocenters. The normalized spacial score (nSPS) is 12.6. The SMILES string of the molecule is Cc1ccc(S(=O)c2ccccc2N(C)S(=O)(=O)c2cccc3ccccc23)cc1. The molecule has 6 heteroatoms. The Morgan fingerprint density at radius 3 is 2.17 bits per heavy atom. The van der Waals surface area contributed by atoms with Crippen LogP contribution >= 0.6 is 0 Å². The van der Waals surface area contributed by atoms with Crippen molar-refractivity contribution >= 4 is 37.3 Å². The van der Waals surface area contributed by atoms with Crippen LogP contribution in [0.25, 0.3) is 10.8 Å². The molecule has 0 saturated carbocycles. The highest BCUT2D eigenvalue weighted by atomic mass is 32.2. The van der Waals surface area contributed by atoms with E-state index in [0.717, 1.165) is 10.9 Å². The summed E-state index contributed by atoms with van der Waals surface area (Å²) in [7, 11) is -3.87. The van der Waals surface area contributed by atoms with Crippen LogP contribution in [0.3, 0.4) is 0 Å². The van der Waals surface area contributed by atoms with Crippen LogP contribution in [0.5, 0.6) is 0 Å². The van der Waals surface area contributed by atoms with Crippen molar-refractivity contribution in [2.45, 2.75) is 21.6 Å². The number of fused-ring (bicyclic) bond motifs is 1. The van der Waals surface area contributed by atoms with E-state index in [4.69, 9.17) is 0 Å².